The molecule has 1 aromatic carbocycles. The van der Waals surface area contributed by atoms with Gasteiger partial charge in [-0.2, -0.15) is 0 Å². The van der Waals surface area contributed by atoms with E-state index in [1.165, 1.54) is 12.1 Å². The van der Waals surface area contributed by atoms with Crippen molar-refractivity contribution in [1.82, 2.24) is 5.16 Å². The first-order valence-corrected chi connectivity index (χ1v) is 7.48. The summed E-state index contributed by atoms with van der Waals surface area (Å²) in [6, 6.07) is 5.01. The molecule has 0 saturated carbocycles. The SMILES string of the molecule is Cc1noc(NS(=O)(=O)c2ccccc2[N+](=O)[O-])c1Br. The zero-order chi connectivity index (χ0) is 14.9. The lowest BCUT2D eigenvalue weighted by atomic mass is 10.3. The van der Waals surface area contributed by atoms with Crippen molar-refractivity contribution in [2.24, 2.45) is 0 Å². The second kappa shape index (κ2) is 5.21. The third kappa shape index (κ3) is 2.65. The van der Waals surface area contributed by atoms with Crippen LogP contribution in [0.3, 0.4) is 0 Å². The zero-order valence-electron chi connectivity index (χ0n) is 10.0. The molecule has 20 heavy (non-hydrogen) atoms. The van der Waals surface area contributed by atoms with Gasteiger partial charge in [0.15, 0.2) is 4.90 Å². The molecule has 2 aromatic rings. The summed E-state index contributed by atoms with van der Waals surface area (Å²) in [5.41, 5.74) is -0.0716. The van der Waals surface area contributed by atoms with Crippen molar-refractivity contribution < 1.29 is 17.9 Å². The predicted molar refractivity (Wildman–Crippen MR) is 72.8 cm³/mol. The monoisotopic (exact) mass is 361 g/mol. The van der Waals surface area contributed by atoms with Crippen LogP contribution in [0, 0.1) is 17.0 Å². The smallest absolute Gasteiger partial charge is 0.289 e. The van der Waals surface area contributed by atoms with E-state index in [-0.39, 0.29) is 5.88 Å². The number of anilines is 1. The van der Waals surface area contributed by atoms with Crippen LogP contribution in [-0.2, 0) is 10.0 Å². The van der Waals surface area contributed by atoms with Gasteiger partial charge in [0.1, 0.15) is 4.47 Å². The first kappa shape index (κ1) is 14.5. The molecular weight excluding hydrogens is 354 g/mol. The summed E-state index contributed by atoms with van der Waals surface area (Å²) < 4.78 is 31.6. The van der Waals surface area contributed by atoms with Crippen molar-refractivity contribution in [2.45, 2.75) is 11.8 Å². The minimum Gasteiger partial charge on any atom is -0.336 e. The third-order valence-corrected chi connectivity index (χ3v) is 4.68. The highest BCUT2D eigenvalue weighted by Crippen LogP contribution is 2.30. The Morgan fingerprint density at radius 3 is 2.60 bits per heavy atom. The summed E-state index contributed by atoms with van der Waals surface area (Å²) in [5, 5.41) is 14.4. The number of rotatable bonds is 4. The van der Waals surface area contributed by atoms with Gasteiger partial charge in [-0.25, -0.2) is 13.1 Å². The quantitative estimate of drug-likeness (QED) is 0.660. The van der Waals surface area contributed by atoms with Crippen molar-refractivity contribution in [2.75, 3.05) is 4.72 Å². The Balaban J connectivity index is 2.46. The molecule has 2 rings (SSSR count). The highest BCUT2D eigenvalue weighted by Gasteiger charge is 2.27. The number of nitrogens with one attached hydrogen (secondary N) is 1. The van der Waals surface area contributed by atoms with Crippen LogP contribution in [0.5, 0.6) is 0 Å². The maximum absolute atomic E-state index is 12.2. The molecule has 0 radical (unpaired) electrons. The summed E-state index contributed by atoms with van der Waals surface area (Å²) in [7, 11) is -4.15. The summed E-state index contributed by atoms with van der Waals surface area (Å²) >= 11 is 3.11. The number of nitro groups is 1. The number of hydrogen-bond donors (Lipinski definition) is 1. The lowest BCUT2D eigenvalue weighted by molar-refractivity contribution is -0.387. The number of halogens is 1. The predicted octanol–water partition coefficient (Wildman–Crippen LogP) is 2.45. The molecule has 0 bridgehead atoms. The Morgan fingerprint density at radius 2 is 2.05 bits per heavy atom. The largest absolute Gasteiger partial charge is 0.336 e. The van der Waals surface area contributed by atoms with E-state index in [1.54, 1.807) is 6.92 Å². The van der Waals surface area contributed by atoms with Crippen LogP contribution in [0.1, 0.15) is 5.69 Å². The van der Waals surface area contributed by atoms with Crippen LogP contribution < -0.4 is 4.72 Å². The molecule has 0 aliphatic rings. The number of para-hydroxylation sites is 1. The lowest BCUT2D eigenvalue weighted by Crippen LogP contribution is -2.14. The van der Waals surface area contributed by atoms with E-state index in [0.29, 0.717) is 10.2 Å². The first-order valence-electron chi connectivity index (χ1n) is 5.21. The Kier molecular flexibility index (Phi) is 3.77. The van der Waals surface area contributed by atoms with Gasteiger partial charge in [0.05, 0.1) is 10.6 Å². The van der Waals surface area contributed by atoms with Crippen LogP contribution in [0.25, 0.3) is 0 Å². The molecule has 0 spiro atoms. The van der Waals surface area contributed by atoms with Gasteiger partial charge in [0, 0.05) is 6.07 Å². The van der Waals surface area contributed by atoms with Gasteiger partial charge in [-0.1, -0.05) is 17.3 Å². The van der Waals surface area contributed by atoms with Gasteiger partial charge in [-0.05, 0) is 28.9 Å². The average Bonchev–Trinajstić information content (AvgIpc) is 2.70. The Hall–Kier alpha value is -1.94. The lowest BCUT2D eigenvalue weighted by Gasteiger charge is -2.05. The number of aryl methyl sites for hydroxylation is 1. The molecule has 10 heteroatoms. The fourth-order valence-electron chi connectivity index (χ4n) is 1.43. The topological polar surface area (TPSA) is 115 Å². The number of sulfonamides is 1. The van der Waals surface area contributed by atoms with Crippen molar-refractivity contribution >= 4 is 37.5 Å². The van der Waals surface area contributed by atoms with Crippen LogP contribution >= 0.6 is 15.9 Å². The van der Waals surface area contributed by atoms with Crippen LogP contribution in [0.15, 0.2) is 38.2 Å². The standard InChI is InChI=1S/C10H8BrN3O5S/c1-6-9(11)10(19-12-6)13-20(17,18)8-5-3-2-4-7(8)14(15)16/h2-5,13H,1H3. The molecule has 0 saturated heterocycles. The fourth-order valence-corrected chi connectivity index (χ4v) is 2.98. The minimum atomic E-state index is -4.15. The molecule has 0 unspecified atom stereocenters. The number of aromatic nitrogens is 1. The van der Waals surface area contributed by atoms with Gasteiger partial charge < -0.3 is 4.52 Å². The summed E-state index contributed by atoms with van der Waals surface area (Å²) in [6.07, 6.45) is 0. The zero-order valence-corrected chi connectivity index (χ0v) is 12.4. The molecule has 1 N–H and O–H groups in total. The fraction of sp³-hybridized carbons (Fsp3) is 0.100. The average molecular weight is 362 g/mol. The van der Waals surface area contributed by atoms with Gasteiger partial charge in [0.25, 0.3) is 21.6 Å². The van der Waals surface area contributed by atoms with E-state index in [4.69, 9.17) is 4.52 Å². The number of nitro benzene ring substituents is 1. The van der Waals surface area contributed by atoms with Crippen molar-refractivity contribution in [3.63, 3.8) is 0 Å². The second-order valence-corrected chi connectivity index (χ2v) is 6.19. The van der Waals surface area contributed by atoms with Crippen molar-refractivity contribution in [3.05, 3.63) is 44.5 Å². The maximum atomic E-state index is 12.2. The molecule has 0 aliphatic carbocycles. The summed E-state index contributed by atoms with van der Waals surface area (Å²) in [5.74, 6) is -0.138. The van der Waals surface area contributed by atoms with E-state index in [2.05, 4.69) is 25.8 Å². The second-order valence-electron chi connectivity index (χ2n) is 3.74. The molecule has 8 nitrogen and oxygen atoms in total. The normalized spacial score (nSPS) is 11.3. The molecule has 1 aromatic heterocycles. The van der Waals surface area contributed by atoms with E-state index >= 15 is 0 Å². The van der Waals surface area contributed by atoms with Crippen LogP contribution in [0.2, 0.25) is 0 Å². The highest BCUT2D eigenvalue weighted by molar-refractivity contribution is 9.10. The first-order chi connectivity index (χ1) is 9.33. The third-order valence-electron chi connectivity index (χ3n) is 2.37. The molecule has 106 valence electrons. The van der Waals surface area contributed by atoms with Gasteiger partial charge in [0.2, 0.25) is 0 Å². The summed E-state index contributed by atoms with van der Waals surface area (Å²) in [6.45, 7) is 1.61. The van der Waals surface area contributed by atoms with Gasteiger partial charge in [-0.3, -0.25) is 10.1 Å². The van der Waals surface area contributed by atoms with Crippen LogP contribution in [-0.4, -0.2) is 18.5 Å². The van der Waals surface area contributed by atoms with E-state index in [1.807, 2.05) is 0 Å². The molecule has 0 atom stereocenters. The molecule has 1 heterocycles. The molecule has 0 aliphatic heterocycles. The van der Waals surface area contributed by atoms with Crippen molar-refractivity contribution in [3.8, 4) is 0 Å². The van der Waals surface area contributed by atoms with Crippen LogP contribution in [0.4, 0.5) is 11.6 Å². The summed E-state index contributed by atoms with van der Waals surface area (Å²) in [4.78, 5) is 9.64. The molecule has 0 fully saturated rings. The maximum Gasteiger partial charge on any atom is 0.289 e. The van der Waals surface area contributed by atoms with Gasteiger partial charge in [-0.15, -0.1) is 0 Å². The Labute approximate surface area is 122 Å². The highest BCUT2D eigenvalue weighted by atomic mass is 79.9. The van der Waals surface area contributed by atoms with E-state index in [9.17, 15) is 18.5 Å². The number of hydrogen-bond acceptors (Lipinski definition) is 6. The Bertz CT molecular complexity index is 771. The van der Waals surface area contributed by atoms with E-state index in [0.717, 1.165) is 12.1 Å². The van der Waals surface area contributed by atoms with Crippen molar-refractivity contribution in [1.29, 1.82) is 0 Å². The van der Waals surface area contributed by atoms with Gasteiger partial charge >= 0.3 is 0 Å². The molecule has 0 amide bonds. The Morgan fingerprint density at radius 1 is 1.40 bits per heavy atom. The number of benzene rings is 1. The molecular formula is C10H8BrN3O5S. The van der Waals surface area contributed by atoms with E-state index < -0.39 is 25.5 Å². The number of nitrogens with zero attached hydrogens (tertiary/aromatic N) is 2. The minimum absolute atomic E-state index is 0.138.